The number of pyridine rings is 2. The lowest BCUT2D eigenvalue weighted by Gasteiger charge is -2.33. The average Bonchev–Trinajstić information content (AvgIpc) is 2.96. The SMILES string of the molecule is COC=O.Fc1cnc2c(c1)c(-c1nc(NC3CC4CCCC3CC4)c(F)cc1F)cn2SI. The van der Waals surface area contributed by atoms with Gasteiger partial charge in [0.25, 0.3) is 6.47 Å². The summed E-state index contributed by atoms with van der Waals surface area (Å²) < 4.78 is 48.9. The van der Waals surface area contributed by atoms with Crippen LogP contribution in [0.15, 0.2) is 24.5 Å². The van der Waals surface area contributed by atoms with Crippen molar-refractivity contribution in [1.29, 1.82) is 0 Å². The van der Waals surface area contributed by atoms with Gasteiger partial charge in [0, 0.05) is 59.6 Å². The second kappa shape index (κ2) is 11.1. The molecule has 2 bridgehead atoms. The van der Waals surface area contributed by atoms with E-state index in [4.69, 9.17) is 4.79 Å². The first-order chi connectivity index (χ1) is 16.4. The minimum atomic E-state index is -0.776. The molecule has 0 spiro atoms. The van der Waals surface area contributed by atoms with Gasteiger partial charge >= 0.3 is 0 Å². The molecule has 6 rings (SSSR count). The van der Waals surface area contributed by atoms with Crippen molar-refractivity contribution in [2.75, 3.05) is 12.4 Å². The number of nitrogens with zero attached hydrogens (tertiary/aromatic N) is 3. The zero-order chi connectivity index (χ0) is 24.2. The molecule has 182 valence electrons. The normalized spacial score (nSPS) is 21.5. The minimum absolute atomic E-state index is 0.000665. The highest BCUT2D eigenvalue weighted by molar-refractivity contribution is 14.2. The van der Waals surface area contributed by atoms with Crippen LogP contribution >= 0.6 is 30.3 Å². The number of halogens is 4. The lowest BCUT2D eigenvalue weighted by Crippen LogP contribution is -2.34. The van der Waals surface area contributed by atoms with Crippen LogP contribution in [0.4, 0.5) is 19.0 Å². The van der Waals surface area contributed by atoms with Gasteiger partial charge in [0.1, 0.15) is 11.5 Å². The predicted octanol–water partition coefficient (Wildman–Crippen LogP) is 6.53. The summed E-state index contributed by atoms with van der Waals surface area (Å²) in [7, 11) is 2.65. The highest BCUT2D eigenvalue weighted by Gasteiger charge is 2.34. The van der Waals surface area contributed by atoms with Gasteiger partial charge in [-0.25, -0.2) is 23.1 Å². The smallest absolute Gasteiger partial charge is 0.292 e. The van der Waals surface area contributed by atoms with Crippen molar-refractivity contribution in [3.05, 3.63) is 42.0 Å². The summed E-state index contributed by atoms with van der Waals surface area (Å²) in [6, 6.07) is 2.33. The summed E-state index contributed by atoms with van der Waals surface area (Å²) in [5, 5.41) is 3.72. The molecule has 3 aliphatic carbocycles. The van der Waals surface area contributed by atoms with Gasteiger partial charge in [-0.05, 0) is 37.2 Å². The molecular formula is C23H24F3IN4O2S. The zero-order valence-electron chi connectivity index (χ0n) is 18.4. The topological polar surface area (TPSA) is 69.0 Å². The van der Waals surface area contributed by atoms with Crippen molar-refractivity contribution < 1.29 is 22.7 Å². The van der Waals surface area contributed by atoms with E-state index >= 15 is 0 Å². The fourth-order valence-electron chi connectivity index (χ4n) is 5.00. The molecule has 0 aromatic carbocycles. The molecular weight excluding hydrogens is 580 g/mol. The summed E-state index contributed by atoms with van der Waals surface area (Å²) in [5.74, 6) is -0.771. The van der Waals surface area contributed by atoms with Crippen LogP contribution in [0.3, 0.4) is 0 Å². The molecule has 6 nitrogen and oxygen atoms in total. The fourth-order valence-corrected chi connectivity index (χ4v) is 6.26. The van der Waals surface area contributed by atoms with Crippen molar-refractivity contribution in [3.63, 3.8) is 0 Å². The fraction of sp³-hybridized carbons (Fsp3) is 0.435. The van der Waals surface area contributed by atoms with Crippen molar-refractivity contribution in [2.45, 2.75) is 44.6 Å². The van der Waals surface area contributed by atoms with E-state index in [1.165, 1.54) is 41.6 Å². The minimum Gasteiger partial charge on any atom is -0.471 e. The highest BCUT2D eigenvalue weighted by Crippen LogP contribution is 2.41. The van der Waals surface area contributed by atoms with Gasteiger partial charge in [0.2, 0.25) is 0 Å². The van der Waals surface area contributed by atoms with Crippen LogP contribution in [0.1, 0.15) is 38.5 Å². The number of methoxy groups -OCH3 is 1. The molecule has 0 radical (unpaired) electrons. The maximum absolute atomic E-state index is 14.8. The molecule has 3 fully saturated rings. The lowest BCUT2D eigenvalue weighted by atomic mass is 9.80. The van der Waals surface area contributed by atoms with Crippen molar-refractivity contribution >= 4 is 53.6 Å². The van der Waals surface area contributed by atoms with Crippen LogP contribution in [-0.4, -0.2) is 33.6 Å². The zero-order valence-corrected chi connectivity index (χ0v) is 21.4. The largest absolute Gasteiger partial charge is 0.471 e. The first-order valence-corrected chi connectivity index (χ1v) is 14.3. The molecule has 3 aromatic heterocycles. The molecule has 0 aliphatic heterocycles. The maximum atomic E-state index is 14.8. The van der Waals surface area contributed by atoms with Crippen LogP contribution in [0.25, 0.3) is 22.3 Å². The van der Waals surface area contributed by atoms with Crippen LogP contribution in [0.5, 0.6) is 0 Å². The third kappa shape index (κ3) is 5.29. The number of hydrogen-bond donors (Lipinski definition) is 1. The molecule has 3 aromatic rings. The molecule has 0 amide bonds. The third-order valence-corrected chi connectivity index (χ3v) is 8.25. The lowest BCUT2D eigenvalue weighted by molar-refractivity contribution is -0.126. The molecule has 3 atom stereocenters. The Kier molecular flexibility index (Phi) is 8.22. The molecule has 34 heavy (non-hydrogen) atoms. The summed E-state index contributed by atoms with van der Waals surface area (Å²) >= 11 is 2.07. The molecule has 11 heteroatoms. The summed E-state index contributed by atoms with van der Waals surface area (Å²) in [4.78, 5) is 17.4. The number of anilines is 1. The van der Waals surface area contributed by atoms with E-state index in [1.54, 1.807) is 10.2 Å². The molecule has 0 saturated heterocycles. The summed E-state index contributed by atoms with van der Waals surface area (Å²) in [6.07, 6.45) is 9.73. The van der Waals surface area contributed by atoms with Gasteiger partial charge in [-0.2, -0.15) is 0 Å². The van der Waals surface area contributed by atoms with Crippen LogP contribution < -0.4 is 5.32 Å². The number of hydrogen-bond acceptors (Lipinski definition) is 6. The summed E-state index contributed by atoms with van der Waals surface area (Å²) in [6.45, 7) is 0.375. The standard InChI is InChI=1S/C21H20F3IN4S.C2H4O2/c22-13-7-14-15(10-29(30-25)21(14)26-9-13)19-16(23)8-17(24)20(28-19)27-18-6-11-2-1-3-12(18)5-4-11;1-4-2-3/h7-12,18H,1-6H2,(H,27,28);2H,1H3. The Morgan fingerprint density at radius 1 is 1.21 bits per heavy atom. The van der Waals surface area contributed by atoms with Gasteiger partial charge in [-0.3, -0.25) is 8.77 Å². The van der Waals surface area contributed by atoms with E-state index in [0.717, 1.165) is 31.5 Å². The van der Waals surface area contributed by atoms with Gasteiger partial charge < -0.3 is 10.1 Å². The van der Waals surface area contributed by atoms with Crippen LogP contribution in [0, 0.1) is 29.3 Å². The Morgan fingerprint density at radius 2 is 2.00 bits per heavy atom. The first-order valence-electron chi connectivity index (χ1n) is 11.0. The van der Waals surface area contributed by atoms with Gasteiger partial charge in [0.15, 0.2) is 23.1 Å². The van der Waals surface area contributed by atoms with E-state index in [2.05, 4.69) is 41.2 Å². The van der Waals surface area contributed by atoms with Crippen molar-refractivity contribution in [3.8, 4) is 11.3 Å². The first kappa shape index (κ1) is 25.1. The highest BCUT2D eigenvalue weighted by atomic mass is 127. The van der Waals surface area contributed by atoms with E-state index in [-0.39, 0.29) is 17.6 Å². The Morgan fingerprint density at radius 3 is 2.74 bits per heavy atom. The quantitative estimate of drug-likeness (QED) is 0.264. The van der Waals surface area contributed by atoms with E-state index in [9.17, 15) is 13.2 Å². The molecule has 3 saturated carbocycles. The van der Waals surface area contributed by atoms with Crippen LogP contribution in [0.2, 0.25) is 0 Å². The summed E-state index contributed by atoms with van der Waals surface area (Å²) in [5.41, 5.74) is 0.898. The molecule has 3 heterocycles. The number of aromatic nitrogens is 3. The molecule has 3 aliphatic rings. The Bertz CT molecular complexity index is 1170. The van der Waals surface area contributed by atoms with Crippen molar-refractivity contribution in [1.82, 2.24) is 13.9 Å². The number of ether oxygens (including phenoxy) is 1. The van der Waals surface area contributed by atoms with Gasteiger partial charge in [-0.15, -0.1) is 0 Å². The Hall–Kier alpha value is -2.02. The van der Waals surface area contributed by atoms with Crippen LogP contribution in [-0.2, 0) is 9.53 Å². The second-order valence-electron chi connectivity index (χ2n) is 8.56. The predicted molar refractivity (Wildman–Crippen MR) is 135 cm³/mol. The van der Waals surface area contributed by atoms with E-state index in [1.807, 2.05) is 0 Å². The molecule has 3 unspecified atom stereocenters. The monoisotopic (exact) mass is 604 g/mol. The average molecular weight is 604 g/mol. The number of carbonyl (C=O) groups excluding carboxylic acids is 1. The number of rotatable bonds is 5. The second-order valence-corrected chi connectivity index (χ2v) is 10.3. The van der Waals surface area contributed by atoms with Crippen molar-refractivity contribution in [2.24, 2.45) is 11.8 Å². The Labute approximate surface area is 211 Å². The number of carbonyl (C=O) groups is 1. The molecule has 1 N–H and O–H groups in total. The van der Waals surface area contributed by atoms with Gasteiger partial charge in [-0.1, -0.05) is 19.3 Å². The van der Waals surface area contributed by atoms with E-state index < -0.39 is 17.5 Å². The Balaban J connectivity index is 0.000000636. The van der Waals surface area contributed by atoms with E-state index in [0.29, 0.717) is 34.9 Å². The third-order valence-electron chi connectivity index (χ3n) is 6.55. The van der Waals surface area contributed by atoms with Gasteiger partial charge in [0.05, 0.1) is 13.3 Å². The maximum Gasteiger partial charge on any atom is 0.292 e. The number of fused-ring (bicyclic) bond motifs is 5. The number of nitrogens with one attached hydrogen (secondary N) is 1.